The van der Waals surface area contributed by atoms with Crippen LogP contribution in [0.1, 0.15) is 0 Å². The molecule has 0 unspecified atom stereocenters. The van der Waals surface area contributed by atoms with Gasteiger partial charge in [0.1, 0.15) is 11.2 Å². The van der Waals surface area contributed by atoms with Crippen LogP contribution in [0.15, 0.2) is 156 Å². The van der Waals surface area contributed by atoms with Crippen LogP contribution in [0.25, 0.3) is 104 Å². The molecule has 10 aromatic rings. The summed E-state index contributed by atoms with van der Waals surface area (Å²) in [5.74, 6) is 0. The summed E-state index contributed by atoms with van der Waals surface area (Å²) in [6.45, 7) is 0. The summed E-state index contributed by atoms with van der Waals surface area (Å²) in [4.78, 5) is 0. The van der Waals surface area contributed by atoms with E-state index in [1.807, 2.05) is 0 Å². The molecule has 0 saturated carbocycles. The second kappa shape index (κ2) is 8.74. The molecule has 8 aromatic carbocycles. The quantitative estimate of drug-likeness (QED) is 0.198. The van der Waals surface area contributed by atoms with Crippen LogP contribution in [-0.4, -0.2) is 4.57 Å². The predicted octanol–water partition coefficient (Wildman–Crippen LogP) is 12.3. The lowest BCUT2D eigenvalue weighted by Crippen LogP contribution is -1.95. The fraction of sp³-hybridized carbons (Fsp3) is 0. The van der Waals surface area contributed by atoms with Gasteiger partial charge < -0.3 is 8.98 Å². The first-order valence-corrected chi connectivity index (χ1v) is 15.9. The summed E-state index contributed by atoms with van der Waals surface area (Å²) >= 11 is 0. The number of rotatable bonds is 2. The van der Waals surface area contributed by atoms with Gasteiger partial charge in [-0.2, -0.15) is 0 Å². The van der Waals surface area contributed by atoms with E-state index in [1.165, 1.54) is 71.3 Å². The Hall–Kier alpha value is -6.12. The summed E-state index contributed by atoms with van der Waals surface area (Å²) in [7, 11) is 0. The largest absolute Gasteiger partial charge is 0.455 e. The van der Waals surface area contributed by atoms with Crippen molar-refractivity contribution in [3.63, 3.8) is 0 Å². The zero-order chi connectivity index (χ0) is 29.9. The van der Waals surface area contributed by atoms with Crippen LogP contribution in [0.4, 0.5) is 0 Å². The normalized spacial score (nSPS) is 12.3. The molecular formula is C44H25NO. The maximum Gasteiger partial charge on any atom is 0.145 e. The summed E-state index contributed by atoms with van der Waals surface area (Å²) in [6, 6.07) is 55.1. The van der Waals surface area contributed by atoms with Crippen LogP contribution < -0.4 is 0 Å². The molecule has 0 aliphatic heterocycles. The standard InChI is InChI=1S/C44H25NO/c1-2-14-30-29(13-1)32-20-10-19-31-28(23-24-34(30)40(31)32)26-11-9-12-27(25-26)45-38-21-7-5-17-36(38)41-33-15-3-4-16-35(33)44-42(43(41)45)37-18-6-8-22-39(37)46-44/h1-25H. The average molecular weight is 584 g/mol. The zero-order valence-corrected chi connectivity index (χ0v) is 24.8. The number of furan rings is 1. The maximum atomic E-state index is 6.64. The van der Waals surface area contributed by atoms with E-state index in [9.17, 15) is 0 Å². The van der Waals surface area contributed by atoms with Gasteiger partial charge in [-0.3, -0.25) is 0 Å². The van der Waals surface area contributed by atoms with Crippen molar-refractivity contribution in [1.82, 2.24) is 4.57 Å². The minimum atomic E-state index is 0.912. The van der Waals surface area contributed by atoms with Crippen LogP contribution in [0.2, 0.25) is 0 Å². The molecule has 0 bridgehead atoms. The van der Waals surface area contributed by atoms with Crippen molar-refractivity contribution in [2.75, 3.05) is 0 Å². The van der Waals surface area contributed by atoms with Gasteiger partial charge >= 0.3 is 0 Å². The average Bonchev–Trinajstić information content (AvgIpc) is 3.78. The Bertz CT molecular complexity index is 2890. The van der Waals surface area contributed by atoms with E-state index in [4.69, 9.17) is 4.42 Å². The van der Waals surface area contributed by atoms with Crippen molar-refractivity contribution in [3.05, 3.63) is 152 Å². The molecule has 46 heavy (non-hydrogen) atoms. The highest BCUT2D eigenvalue weighted by Gasteiger charge is 2.24. The molecule has 2 heteroatoms. The third kappa shape index (κ3) is 3.01. The smallest absolute Gasteiger partial charge is 0.145 e. The Kier molecular flexibility index (Phi) is 4.61. The summed E-state index contributed by atoms with van der Waals surface area (Å²) in [5.41, 5.74) is 13.1. The van der Waals surface area contributed by atoms with Gasteiger partial charge in [-0.15, -0.1) is 0 Å². The first-order chi connectivity index (χ1) is 22.8. The van der Waals surface area contributed by atoms with Gasteiger partial charge in [0.05, 0.1) is 16.4 Å². The van der Waals surface area contributed by atoms with Crippen molar-refractivity contribution < 1.29 is 4.42 Å². The molecule has 1 aliphatic carbocycles. The first kappa shape index (κ1) is 24.2. The van der Waals surface area contributed by atoms with Crippen molar-refractivity contribution in [1.29, 1.82) is 0 Å². The van der Waals surface area contributed by atoms with E-state index in [-0.39, 0.29) is 0 Å². The van der Waals surface area contributed by atoms with Gasteiger partial charge in [0.25, 0.3) is 0 Å². The predicted molar refractivity (Wildman–Crippen MR) is 193 cm³/mol. The SMILES string of the molecule is c1cc(-c2ccc3c4c(cccc24)-c2ccccc2-3)cc(-n2c3ccccc3c3c4ccccc4c4oc5ccccc5c4c32)c1. The number of nitrogens with zero attached hydrogens (tertiary/aromatic N) is 1. The molecule has 0 radical (unpaired) electrons. The van der Waals surface area contributed by atoms with Crippen LogP contribution in [0.3, 0.4) is 0 Å². The molecule has 212 valence electrons. The molecular weight excluding hydrogens is 558 g/mol. The summed E-state index contributed by atoms with van der Waals surface area (Å²) in [6.07, 6.45) is 0. The Morgan fingerprint density at radius 2 is 1.02 bits per heavy atom. The number of benzene rings is 8. The Morgan fingerprint density at radius 1 is 0.391 bits per heavy atom. The third-order valence-corrected chi connectivity index (χ3v) is 10.1. The van der Waals surface area contributed by atoms with Crippen LogP contribution in [0, 0.1) is 0 Å². The minimum absolute atomic E-state index is 0.912. The second-order valence-corrected chi connectivity index (χ2v) is 12.4. The van der Waals surface area contributed by atoms with Crippen LogP contribution >= 0.6 is 0 Å². The van der Waals surface area contributed by atoms with E-state index < -0.39 is 0 Å². The van der Waals surface area contributed by atoms with Crippen molar-refractivity contribution in [2.24, 2.45) is 0 Å². The maximum absolute atomic E-state index is 6.64. The van der Waals surface area contributed by atoms with Crippen molar-refractivity contribution >= 4 is 65.3 Å². The van der Waals surface area contributed by atoms with E-state index in [2.05, 4.69) is 156 Å². The number of fused-ring (bicyclic) bond motifs is 13. The minimum Gasteiger partial charge on any atom is -0.455 e. The molecule has 0 amide bonds. The Morgan fingerprint density at radius 3 is 1.89 bits per heavy atom. The van der Waals surface area contributed by atoms with Gasteiger partial charge in [0.15, 0.2) is 0 Å². The molecule has 1 aliphatic rings. The number of para-hydroxylation sites is 2. The highest BCUT2D eigenvalue weighted by molar-refractivity contribution is 6.35. The molecule has 2 nitrogen and oxygen atoms in total. The molecule has 0 spiro atoms. The van der Waals surface area contributed by atoms with Crippen molar-refractivity contribution in [2.45, 2.75) is 0 Å². The van der Waals surface area contributed by atoms with E-state index in [1.54, 1.807) is 0 Å². The van der Waals surface area contributed by atoms with E-state index in [0.29, 0.717) is 0 Å². The second-order valence-electron chi connectivity index (χ2n) is 12.4. The highest BCUT2D eigenvalue weighted by atomic mass is 16.3. The van der Waals surface area contributed by atoms with Crippen LogP contribution in [-0.2, 0) is 0 Å². The van der Waals surface area contributed by atoms with Gasteiger partial charge in [-0.25, -0.2) is 0 Å². The Labute approximate surface area is 264 Å². The molecule has 0 N–H and O–H groups in total. The van der Waals surface area contributed by atoms with Gasteiger partial charge in [-0.1, -0.05) is 127 Å². The van der Waals surface area contributed by atoms with E-state index >= 15 is 0 Å². The molecule has 0 fully saturated rings. The Balaban J connectivity index is 1.25. The fourth-order valence-electron chi connectivity index (χ4n) is 8.26. The zero-order valence-electron chi connectivity index (χ0n) is 24.8. The molecule has 2 heterocycles. The van der Waals surface area contributed by atoms with Gasteiger partial charge in [-0.05, 0) is 73.8 Å². The monoisotopic (exact) mass is 583 g/mol. The topological polar surface area (TPSA) is 18.1 Å². The third-order valence-electron chi connectivity index (χ3n) is 10.1. The number of hydrogen-bond acceptors (Lipinski definition) is 1. The fourth-order valence-corrected chi connectivity index (χ4v) is 8.26. The van der Waals surface area contributed by atoms with Crippen molar-refractivity contribution in [3.8, 4) is 39.1 Å². The molecule has 0 atom stereocenters. The lowest BCUT2D eigenvalue weighted by molar-refractivity contribution is 0.673. The molecule has 2 aromatic heterocycles. The highest BCUT2D eigenvalue weighted by Crippen LogP contribution is 2.50. The lowest BCUT2D eigenvalue weighted by atomic mass is 9.94. The first-order valence-electron chi connectivity index (χ1n) is 15.9. The summed E-state index contributed by atoms with van der Waals surface area (Å²) in [5, 5.41) is 9.80. The number of aromatic nitrogens is 1. The number of hydrogen-bond donors (Lipinski definition) is 0. The molecule has 11 rings (SSSR count). The van der Waals surface area contributed by atoms with Gasteiger partial charge in [0, 0.05) is 27.2 Å². The molecule has 0 saturated heterocycles. The van der Waals surface area contributed by atoms with Gasteiger partial charge in [0.2, 0.25) is 0 Å². The van der Waals surface area contributed by atoms with Crippen LogP contribution in [0.5, 0.6) is 0 Å². The van der Waals surface area contributed by atoms with E-state index in [0.717, 1.165) is 33.0 Å². The summed E-state index contributed by atoms with van der Waals surface area (Å²) < 4.78 is 9.10. The lowest BCUT2D eigenvalue weighted by Gasteiger charge is -2.14.